The Hall–Kier alpha value is -0.340. The van der Waals surface area contributed by atoms with Crippen molar-refractivity contribution in [2.24, 2.45) is 0 Å². The van der Waals surface area contributed by atoms with Crippen LogP contribution in [0.3, 0.4) is 0 Å². The number of hydrogen-bond donors (Lipinski definition) is 1. The molecule has 0 bridgehead atoms. The summed E-state index contributed by atoms with van der Waals surface area (Å²) in [5.74, 6) is 0. The number of hydrogen-bond acceptors (Lipinski definition) is 2. The van der Waals surface area contributed by atoms with Crippen molar-refractivity contribution in [3.63, 3.8) is 0 Å². The molecule has 0 saturated heterocycles. The first-order valence-electron chi connectivity index (χ1n) is 4.04. The molecule has 1 aromatic heterocycles. The van der Waals surface area contributed by atoms with E-state index in [9.17, 15) is 5.11 Å². The molecule has 0 aliphatic carbocycles. The highest BCUT2D eigenvalue weighted by molar-refractivity contribution is 7.12. The summed E-state index contributed by atoms with van der Waals surface area (Å²) in [6.07, 6.45) is 1.63. The van der Waals surface area contributed by atoms with Crippen molar-refractivity contribution in [3.8, 4) is 0 Å². The van der Waals surface area contributed by atoms with Crippen LogP contribution < -0.4 is 0 Å². The monoisotopic (exact) mass is 170 g/mol. The van der Waals surface area contributed by atoms with E-state index in [2.05, 4.69) is 13.0 Å². The quantitative estimate of drug-likeness (QED) is 0.739. The van der Waals surface area contributed by atoms with Crippen LogP contribution in [0.4, 0.5) is 0 Å². The Kier molecular flexibility index (Phi) is 3.09. The van der Waals surface area contributed by atoms with Gasteiger partial charge in [-0.1, -0.05) is 13.8 Å². The predicted molar refractivity (Wildman–Crippen MR) is 48.9 cm³/mol. The Morgan fingerprint density at radius 3 is 2.64 bits per heavy atom. The minimum atomic E-state index is -0.250. The van der Waals surface area contributed by atoms with Gasteiger partial charge in [0.1, 0.15) is 0 Å². The van der Waals surface area contributed by atoms with Gasteiger partial charge in [0.05, 0.1) is 6.10 Å². The molecule has 0 aliphatic rings. The minimum absolute atomic E-state index is 0.250. The lowest BCUT2D eigenvalue weighted by Gasteiger charge is -2.02. The summed E-state index contributed by atoms with van der Waals surface area (Å²) in [6.45, 7) is 4.13. The fraction of sp³-hybridized carbons (Fsp3) is 0.556. The second-order valence-corrected chi connectivity index (χ2v) is 3.78. The number of rotatable bonds is 3. The van der Waals surface area contributed by atoms with Crippen molar-refractivity contribution < 1.29 is 5.11 Å². The summed E-state index contributed by atoms with van der Waals surface area (Å²) in [5.41, 5.74) is 0. The molecule has 11 heavy (non-hydrogen) atoms. The SMILES string of the molecule is CCc1ccc([C@H](O)CC)s1. The van der Waals surface area contributed by atoms with Gasteiger partial charge in [-0.2, -0.15) is 0 Å². The average Bonchev–Trinajstić information content (AvgIpc) is 2.50. The average molecular weight is 170 g/mol. The van der Waals surface area contributed by atoms with Crippen LogP contribution in [0.15, 0.2) is 12.1 Å². The summed E-state index contributed by atoms with van der Waals surface area (Å²) in [6, 6.07) is 4.12. The molecule has 2 heteroatoms. The summed E-state index contributed by atoms with van der Waals surface area (Å²) in [7, 11) is 0. The molecular formula is C9H14OS. The van der Waals surface area contributed by atoms with E-state index in [1.54, 1.807) is 11.3 Å². The third-order valence-electron chi connectivity index (χ3n) is 1.75. The van der Waals surface area contributed by atoms with Crippen molar-refractivity contribution in [3.05, 3.63) is 21.9 Å². The van der Waals surface area contributed by atoms with Gasteiger partial charge >= 0.3 is 0 Å². The Bertz CT molecular complexity index is 217. The fourth-order valence-corrected chi connectivity index (χ4v) is 1.99. The molecule has 1 rings (SSSR count). The molecule has 0 saturated carbocycles. The minimum Gasteiger partial charge on any atom is -0.388 e. The highest BCUT2D eigenvalue weighted by atomic mass is 32.1. The summed E-state index contributed by atoms with van der Waals surface area (Å²) >= 11 is 1.72. The third kappa shape index (κ3) is 2.04. The van der Waals surface area contributed by atoms with Gasteiger partial charge in [-0.25, -0.2) is 0 Å². The fourth-order valence-electron chi connectivity index (χ4n) is 0.965. The molecule has 0 unspecified atom stereocenters. The van der Waals surface area contributed by atoms with Crippen LogP contribution >= 0.6 is 11.3 Å². The second-order valence-electron chi connectivity index (χ2n) is 2.58. The smallest absolute Gasteiger partial charge is 0.0879 e. The Morgan fingerprint density at radius 2 is 2.18 bits per heavy atom. The van der Waals surface area contributed by atoms with Crippen LogP contribution in [0.1, 0.15) is 36.1 Å². The van der Waals surface area contributed by atoms with Gasteiger partial charge in [0.25, 0.3) is 0 Å². The predicted octanol–water partition coefficient (Wildman–Crippen LogP) is 2.75. The molecule has 1 nitrogen and oxygen atoms in total. The van der Waals surface area contributed by atoms with Crippen LogP contribution in [0, 0.1) is 0 Å². The molecule has 0 aliphatic heterocycles. The number of aliphatic hydroxyl groups excluding tert-OH is 1. The number of aryl methyl sites for hydroxylation is 1. The first-order valence-corrected chi connectivity index (χ1v) is 4.86. The molecule has 0 aromatic carbocycles. The zero-order valence-electron chi connectivity index (χ0n) is 7.00. The molecule has 1 heterocycles. The Morgan fingerprint density at radius 1 is 1.45 bits per heavy atom. The molecule has 1 atom stereocenters. The lowest BCUT2D eigenvalue weighted by atomic mass is 10.2. The van der Waals surface area contributed by atoms with E-state index in [4.69, 9.17) is 0 Å². The molecular weight excluding hydrogens is 156 g/mol. The Labute approximate surface area is 71.7 Å². The van der Waals surface area contributed by atoms with Crippen LogP contribution in [0.5, 0.6) is 0 Å². The van der Waals surface area contributed by atoms with Gasteiger partial charge in [0, 0.05) is 9.75 Å². The molecule has 0 spiro atoms. The molecule has 1 aromatic rings. The molecule has 0 radical (unpaired) electrons. The molecule has 62 valence electrons. The van der Waals surface area contributed by atoms with Crippen molar-refractivity contribution in [2.45, 2.75) is 32.8 Å². The summed E-state index contributed by atoms with van der Waals surface area (Å²) < 4.78 is 0. The van der Waals surface area contributed by atoms with Crippen molar-refractivity contribution in [2.75, 3.05) is 0 Å². The van der Waals surface area contributed by atoms with E-state index in [1.165, 1.54) is 4.88 Å². The standard InChI is InChI=1S/C9H14OS/c1-3-7-5-6-9(11-7)8(10)4-2/h5-6,8,10H,3-4H2,1-2H3/t8-/m1/s1. The lowest BCUT2D eigenvalue weighted by Crippen LogP contribution is -1.89. The lowest BCUT2D eigenvalue weighted by molar-refractivity contribution is 0.177. The zero-order valence-corrected chi connectivity index (χ0v) is 7.82. The van der Waals surface area contributed by atoms with Crippen molar-refractivity contribution >= 4 is 11.3 Å². The van der Waals surface area contributed by atoms with Crippen molar-refractivity contribution in [1.82, 2.24) is 0 Å². The van der Waals surface area contributed by atoms with Gasteiger partial charge in [0.15, 0.2) is 0 Å². The highest BCUT2D eigenvalue weighted by Gasteiger charge is 2.06. The maximum Gasteiger partial charge on any atom is 0.0879 e. The maximum absolute atomic E-state index is 9.45. The molecule has 1 N–H and O–H groups in total. The van der Waals surface area contributed by atoms with E-state index < -0.39 is 0 Å². The van der Waals surface area contributed by atoms with Crippen LogP contribution in [0.25, 0.3) is 0 Å². The topological polar surface area (TPSA) is 20.2 Å². The number of thiophene rings is 1. The first kappa shape index (κ1) is 8.75. The van der Waals surface area contributed by atoms with Crippen molar-refractivity contribution in [1.29, 1.82) is 0 Å². The van der Waals surface area contributed by atoms with Gasteiger partial charge in [0.2, 0.25) is 0 Å². The second kappa shape index (κ2) is 3.88. The van der Waals surface area contributed by atoms with Crippen LogP contribution in [-0.4, -0.2) is 5.11 Å². The van der Waals surface area contributed by atoms with E-state index in [0.29, 0.717) is 0 Å². The van der Waals surface area contributed by atoms with E-state index in [1.807, 2.05) is 13.0 Å². The Balaban J connectivity index is 2.71. The molecule has 0 fully saturated rings. The molecule has 0 amide bonds. The van der Waals surface area contributed by atoms with Gasteiger partial charge in [-0.3, -0.25) is 0 Å². The highest BCUT2D eigenvalue weighted by Crippen LogP contribution is 2.25. The largest absolute Gasteiger partial charge is 0.388 e. The van der Waals surface area contributed by atoms with Gasteiger partial charge in [-0.15, -0.1) is 11.3 Å². The zero-order chi connectivity index (χ0) is 8.27. The van der Waals surface area contributed by atoms with E-state index in [0.717, 1.165) is 17.7 Å². The normalized spacial score (nSPS) is 13.4. The summed E-state index contributed by atoms with van der Waals surface area (Å²) in [5, 5.41) is 9.45. The van der Waals surface area contributed by atoms with Crippen LogP contribution in [-0.2, 0) is 6.42 Å². The number of aliphatic hydroxyl groups is 1. The van der Waals surface area contributed by atoms with E-state index >= 15 is 0 Å². The van der Waals surface area contributed by atoms with E-state index in [-0.39, 0.29) is 6.10 Å². The van der Waals surface area contributed by atoms with Gasteiger partial charge in [-0.05, 0) is 25.0 Å². The maximum atomic E-state index is 9.45. The van der Waals surface area contributed by atoms with Crippen LogP contribution in [0.2, 0.25) is 0 Å². The first-order chi connectivity index (χ1) is 5.27. The third-order valence-corrected chi connectivity index (χ3v) is 3.08. The van der Waals surface area contributed by atoms with Gasteiger partial charge < -0.3 is 5.11 Å². The summed E-state index contributed by atoms with van der Waals surface area (Å²) in [4.78, 5) is 2.46.